The molecule has 1 aliphatic rings. The van der Waals surface area contributed by atoms with Crippen molar-refractivity contribution in [3.8, 4) is 5.75 Å². The van der Waals surface area contributed by atoms with Gasteiger partial charge in [-0.1, -0.05) is 18.2 Å². The fraction of sp³-hybridized carbons (Fsp3) is 0.500. The Kier molecular flexibility index (Phi) is 7.44. The first-order chi connectivity index (χ1) is 11.7. The van der Waals surface area contributed by atoms with Gasteiger partial charge in [0.1, 0.15) is 0 Å². The predicted molar refractivity (Wildman–Crippen MR) is 92.1 cm³/mol. The summed E-state index contributed by atoms with van der Waals surface area (Å²) in [7, 11) is 0. The van der Waals surface area contributed by atoms with Gasteiger partial charge in [0.05, 0.1) is 6.61 Å². The zero-order valence-electron chi connectivity index (χ0n) is 14.1. The smallest absolute Gasteiger partial charge is 0.201 e. The molecule has 1 aromatic carbocycles. The van der Waals surface area contributed by atoms with E-state index in [-0.39, 0.29) is 18.5 Å². The average Bonchev–Trinajstić information content (AvgIpc) is 2.61. The second-order valence-electron chi connectivity index (χ2n) is 6.23. The van der Waals surface area contributed by atoms with Gasteiger partial charge in [0.25, 0.3) is 0 Å². The second-order valence-corrected chi connectivity index (χ2v) is 6.23. The van der Waals surface area contributed by atoms with Crippen molar-refractivity contribution in [3.63, 3.8) is 0 Å². The Labute approximate surface area is 143 Å². The number of unbranched alkanes of at least 4 members (excludes halogenated alkanes) is 1. The van der Waals surface area contributed by atoms with E-state index >= 15 is 0 Å². The van der Waals surface area contributed by atoms with Gasteiger partial charge >= 0.3 is 0 Å². The standard InChI is InChI=1S/C20H26F2O2/c1-3-5-6-13-23-14-24-18-12-11-17(19(21)20(18)22)16-9-7-15(4-2)8-10-16/h3-4,11-12,15-16H,1-2,5-10,13-14H2. The fourth-order valence-corrected chi connectivity index (χ4v) is 3.13. The van der Waals surface area contributed by atoms with Gasteiger partial charge in [0, 0.05) is 0 Å². The van der Waals surface area contributed by atoms with Crippen LogP contribution < -0.4 is 4.74 Å². The van der Waals surface area contributed by atoms with Crippen LogP contribution in [-0.4, -0.2) is 13.4 Å². The van der Waals surface area contributed by atoms with E-state index in [4.69, 9.17) is 9.47 Å². The van der Waals surface area contributed by atoms with Crippen LogP contribution in [0.3, 0.4) is 0 Å². The van der Waals surface area contributed by atoms with Gasteiger partial charge in [-0.3, -0.25) is 0 Å². The molecule has 0 aliphatic heterocycles. The Morgan fingerprint density at radius 3 is 2.50 bits per heavy atom. The highest BCUT2D eigenvalue weighted by Crippen LogP contribution is 2.38. The Morgan fingerprint density at radius 2 is 1.83 bits per heavy atom. The van der Waals surface area contributed by atoms with E-state index in [1.54, 1.807) is 12.1 Å². The monoisotopic (exact) mass is 336 g/mol. The zero-order chi connectivity index (χ0) is 17.4. The van der Waals surface area contributed by atoms with Crippen molar-refractivity contribution >= 4 is 0 Å². The molecule has 1 aliphatic carbocycles. The van der Waals surface area contributed by atoms with Crippen molar-refractivity contribution in [3.05, 3.63) is 54.6 Å². The lowest BCUT2D eigenvalue weighted by Crippen LogP contribution is -2.14. The lowest BCUT2D eigenvalue weighted by molar-refractivity contribution is 0.0120. The van der Waals surface area contributed by atoms with Crippen LogP contribution in [0.5, 0.6) is 5.75 Å². The van der Waals surface area contributed by atoms with Crippen LogP contribution in [0.1, 0.15) is 50.0 Å². The number of benzene rings is 1. The number of halogens is 2. The molecule has 0 heterocycles. The highest BCUT2D eigenvalue weighted by molar-refractivity contribution is 5.33. The van der Waals surface area contributed by atoms with Gasteiger partial charge in [-0.05, 0) is 62.0 Å². The molecule has 1 saturated carbocycles. The lowest BCUT2D eigenvalue weighted by atomic mass is 9.78. The van der Waals surface area contributed by atoms with Crippen molar-refractivity contribution in [2.75, 3.05) is 13.4 Å². The van der Waals surface area contributed by atoms with E-state index in [0.717, 1.165) is 38.5 Å². The normalized spacial score (nSPS) is 20.6. The van der Waals surface area contributed by atoms with Crippen molar-refractivity contribution in [2.24, 2.45) is 5.92 Å². The summed E-state index contributed by atoms with van der Waals surface area (Å²) < 4.78 is 39.0. The highest BCUT2D eigenvalue weighted by Gasteiger charge is 2.25. The predicted octanol–water partition coefficient (Wildman–Crippen LogP) is 5.74. The van der Waals surface area contributed by atoms with E-state index in [0.29, 0.717) is 18.1 Å². The van der Waals surface area contributed by atoms with E-state index < -0.39 is 11.6 Å². The third kappa shape index (κ3) is 4.91. The average molecular weight is 336 g/mol. The molecule has 0 spiro atoms. The molecule has 24 heavy (non-hydrogen) atoms. The summed E-state index contributed by atoms with van der Waals surface area (Å²) in [5.74, 6) is -1.25. The van der Waals surface area contributed by atoms with Crippen LogP contribution >= 0.6 is 0 Å². The Balaban J connectivity index is 1.91. The number of allylic oxidation sites excluding steroid dienone is 2. The first-order valence-electron chi connectivity index (χ1n) is 8.59. The van der Waals surface area contributed by atoms with Crippen LogP contribution in [0.15, 0.2) is 37.4 Å². The minimum Gasteiger partial charge on any atom is -0.464 e. The maximum Gasteiger partial charge on any atom is 0.201 e. The zero-order valence-corrected chi connectivity index (χ0v) is 14.1. The Morgan fingerprint density at radius 1 is 1.08 bits per heavy atom. The third-order valence-electron chi connectivity index (χ3n) is 4.62. The van der Waals surface area contributed by atoms with Crippen molar-refractivity contribution in [1.29, 1.82) is 0 Å². The van der Waals surface area contributed by atoms with E-state index in [1.165, 1.54) is 6.07 Å². The van der Waals surface area contributed by atoms with Gasteiger partial charge < -0.3 is 9.47 Å². The van der Waals surface area contributed by atoms with Crippen molar-refractivity contribution in [1.82, 2.24) is 0 Å². The second kappa shape index (κ2) is 9.58. The number of rotatable bonds is 9. The molecular formula is C20H26F2O2. The van der Waals surface area contributed by atoms with Crippen molar-refractivity contribution in [2.45, 2.75) is 44.4 Å². The summed E-state index contributed by atoms with van der Waals surface area (Å²) >= 11 is 0. The number of ether oxygens (including phenoxy) is 2. The fourth-order valence-electron chi connectivity index (χ4n) is 3.13. The van der Waals surface area contributed by atoms with Crippen LogP contribution in [0, 0.1) is 17.6 Å². The third-order valence-corrected chi connectivity index (χ3v) is 4.62. The van der Waals surface area contributed by atoms with Crippen LogP contribution in [-0.2, 0) is 4.74 Å². The Hall–Kier alpha value is -1.68. The Bertz CT molecular complexity index is 549. The molecule has 1 fully saturated rings. The van der Waals surface area contributed by atoms with Gasteiger partial charge in [0.2, 0.25) is 5.82 Å². The first-order valence-corrected chi connectivity index (χ1v) is 8.59. The molecule has 0 bridgehead atoms. The van der Waals surface area contributed by atoms with Crippen LogP contribution in [0.2, 0.25) is 0 Å². The molecule has 2 nitrogen and oxygen atoms in total. The molecule has 2 rings (SSSR count). The molecule has 0 atom stereocenters. The molecule has 0 amide bonds. The summed E-state index contributed by atoms with van der Waals surface area (Å²) in [4.78, 5) is 0. The summed E-state index contributed by atoms with van der Waals surface area (Å²) in [5, 5.41) is 0. The maximum atomic E-state index is 14.4. The molecule has 0 N–H and O–H groups in total. The van der Waals surface area contributed by atoms with E-state index in [1.807, 2.05) is 6.08 Å². The summed E-state index contributed by atoms with van der Waals surface area (Å²) in [5.41, 5.74) is 0.453. The van der Waals surface area contributed by atoms with E-state index in [2.05, 4.69) is 13.2 Å². The van der Waals surface area contributed by atoms with Crippen LogP contribution in [0.4, 0.5) is 8.78 Å². The number of hydrogen-bond acceptors (Lipinski definition) is 2. The minimum absolute atomic E-state index is 0.0694. The van der Waals surface area contributed by atoms with Gasteiger partial charge in [-0.2, -0.15) is 4.39 Å². The minimum atomic E-state index is -0.923. The first kappa shape index (κ1) is 18.7. The molecule has 0 aromatic heterocycles. The molecule has 1 aromatic rings. The van der Waals surface area contributed by atoms with Gasteiger partial charge in [0.15, 0.2) is 18.4 Å². The SMILES string of the molecule is C=CCCCOCOc1ccc(C2CCC(C=C)CC2)c(F)c1F. The molecule has 0 radical (unpaired) electrons. The molecular weight excluding hydrogens is 310 g/mol. The summed E-state index contributed by atoms with van der Waals surface area (Å²) in [6.07, 6.45) is 9.12. The quantitative estimate of drug-likeness (QED) is 0.325. The van der Waals surface area contributed by atoms with Gasteiger partial charge in [-0.25, -0.2) is 4.39 Å². The number of hydrogen-bond donors (Lipinski definition) is 0. The van der Waals surface area contributed by atoms with Gasteiger partial charge in [-0.15, -0.1) is 13.2 Å². The largest absolute Gasteiger partial charge is 0.464 e. The van der Waals surface area contributed by atoms with Crippen molar-refractivity contribution < 1.29 is 18.3 Å². The molecule has 0 unspecified atom stereocenters. The maximum absolute atomic E-state index is 14.4. The highest BCUT2D eigenvalue weighted by atomic mass is 19.2. The van der Waals surface area contributed by atoms with E-state index in [9.17, 15) is 8.78 Å². The summed E-state index contributed by atoms with van der Waals surface area (Å²) in [6, 6.07) is 3.14. The topological polar surface area (TPSA) is 18.5 Å². The molecule has 132 valence electrons. The molecule has 4 heteroatoms. The van der Waals surface area contributed by atoms with Crippen LogP contribution in [0.25, 0.3) is 0 Å². The summed E-state index contributed by atoms with van der Waals surface area (Å²) in [6.45, 7) is 7.84. The lowest BCUT2D eigenvalue weighted by Gasteiger charge is -2.27. The molecule has 0 saturated heterocycles.